The lowest BCUT2D eigenvalue weighted by molar-refractivity contribution is 0.101. The maximum atomic E-state index is 6.15. The first-order chi connectivity index (χ1) is 10.0. The largest absolute Gasteiger partial charge is 0.490 e. The maximum absolute atomic E-state index is 6.15. The van der Waals surface area contributed by atoms with Gasteiger partial charge in [-0.25, -0.2) is 0 Å². The Bertz CT molecular complexity index is 412. The average Bonchev–Trinajstić information content (AvgIpc) is 2.44. The molecule has 0 saturated heterocycles. The summed E-state index contributed by atoms with van der Waals surface area (Å²) in [7, 11) is 0. The number of ether oxygens (including phenoxy) is 1. The van der Waals surface area contributed by atoms with Gasteiger partial charge in [0.15, 0.2) is 0 Å². The molecular formula is C19H31NO. The van der Waals surface area contributed by atoms with Crippen LogP contribution >= 0.6 is 0 Å². The molecule has 2 nitrogen and oxygen atoms in total. The summed E-state index contributed by atoms with van der Waals surface area (Å²) in [6, 6.07) is 8.60. The maximum Gasteiger partial charge on any atom is 0.119 e. The van der Waals surface area contributed by atoms with Crippen LogP contribution in [0.5, 0.6) is 5.75 Å². The SMILES string of the molecule is CC(C)CNCc1ccc(OC2CCC(C)C(C)C2)cc1. The fraction of sp³-hybridized carbons (Fsp3) is 0.684. The van der Waals surface area contributed by atoms with Gasteiger partial charge >= 0.3 is 0 Å². The zero-order valence-corrected chi connectivity index (χ0v) is 14.1. The Morgan fingerprint density at radius 3 is 2.43 bits per heavy atom. The van der Waals surface area contributed by atoms with Crippen LogP contribution in [0.25, 0.3) is 0 Å². The second kappa shape index (κ2) is 7.84. The van der Waals surface area contributed by atoms with Crippen molar-refractivity contribution in [2.75, 3.05) is 6.54 Å². The molecule has 1 N–H and O–H groups in total. The van der Waals surface area contributed by atoms with E-state index in [0.717, 1.165) is 30.7 Å². The standard InChI is InChI=1S/C19H31NO/c1-14(2)12-20-13-17-6-9-18(10-7-17)21-19-8-5-15(3)16(4)11-19/h6-7,9-10,14-16,19-20H,5,8,11-13H2,1-4H3. The van der Waals surface area contributed by atoms with Gasteiger partial charge in [0.2, 0.25) is 0 Å². The minimum Gasteiger partial charge on any atom is -0.490 e. The molecule has 1 fully saturated rings. The van der Waals surface area contributed by atoms with E-state index in [4.69, 9.17) is 4.74 Å². The first-order valence-electron chi connectivity index (χ1n) is 8.51. The van der Waals surface area contributed by atoms with E-state index in [9.17, 15) is 0 Å². The molecule has 21 heavy (non-hydrogen) atoms. The van der Waals surface area contributed by atoms with Crippen LogP contribution in [0.3, 0.4) is 0 Å². The van der Waals surface area contributed by atoms with Crippen molar-refractivity contribution in [3.63, 3.8) is 0 Å². The summed E-state index contributed by atoms with van der Waals surface area (Å²) in [4.78, 5) is 0. The molecule has 0 amide bonds. The molecule has 1 aromatic rings. The van der Waals surface area contributed by atoms with E-state index in [1.165, 1.54) is 24.8 Å². The monoisotopic (exact) mass is 289 g/mol. The third kappa shape index (κ3) is 5.35. The molecule has 1 saturated carbocycles. The van der Waals surface area contributed by atoms with Crippen molar-refractivity contribution in [3.05, 3.63) is 29.8 Å². The van der Waals surface area contributed by atoms with Gasteiger partial charge in [-0.05, 0) is 61.3 Å². The van der Waals surface area contributed by atoms with Crippen molar-refractivity contribution in [3.8, 4) is 5.75 Å². The van der Waals surface area contributed by atoms with Crippen molar-refractivity contribution >= 4 is 0 Å². The summed E-state index contributed by atoms with van der Waals surface area (Å²) in [6.07, 6.45) is 4.09. The van der Waals surface area contributed by atoms with E-state index in [-0.39, 0.29) is 0 Å². The van der Waals surface area contributed by atoms with E-state index in [1.807, 2.05) is 0 Å². The van der Waals surface area contributed by atoms with Crippen LogP contribution in [0, 0.1) is 17.8 Å². The second-order valence-electron chi connectivity index (χ2n) is 7.18. The molecule has 1 aromatic carbocycles. The number of hydrogen-bond acceptors (Lipinski definition) is 2. The van der Waals surface area contributed by atoms with Gasteiger partial charge < -0.3 is 10.1 Å². The first kappa shape index (κ1) is 16.4. The van der Waals surface area contributed by atoms with Crippen molar-refractivity contribution in [2.24, 2.45) is 17.8 Å². The second-order valence-corrected chi connectivity index (χ2v) is 7.18. The molecule has 0 radical (unpaired) electrons. The lowest BCUT2D eigenvalue weighted by atomic mass is 9.80. The highest BCUT2D eigenvalue weighted by Gasteiger charge is 2.25. The number of rotatable bonds is 6. The lowest BCUT2D eigenvalue weighted by Crippen LogP contribution is -2.28. The Labute approximate surface area is 130 Å². The van der Waals surface area contributed by atoms with Gasteiger partial charge in [-0.2, -0.15) is 0 Å². The molecule has 0 spiro atoms. The fourth-order valence-corrected chi connectivity index (χ4v) is 2.99. The topological polar surface area (TPSA) is 21.3 Å². The van der Waals surface area contributed by atoms with Crippen LogP contribution in [0.1, 0.15) is 52.5 Å². The molecule has 2 heteroatoms. The van der Waals surface area contributed by atoms with Gasteiger partial charge in [0, 0.05) is 6.54 Å². The van der Waals surface area contributed by atoms with E-state index < -0.39 is 0 Å². The van der Waals surface area contributed by atoms with E-state index in [1.54, 1.807) is 0 Å². The molecule has 0 bridgehead atoms. The number of nitrogens with one attached hydrogen (secondary N) is 1. The molecule has 0 aliphatic heterocycles. The van der Waals surface area contributed by atoms with Crippen LogP contribution < -0.4 is 10.1 Å². The smallest absolute Gasteiger partial charge is 0.119 e. The molecule has 0 heterocycles. The molecule has 3 atom stereocenters. The molecule has 0 aromatic heterocycles. The van der Waals surface area contributed by atoms with Gasteiger partial charge in [-0.15, -0.1) is 0 Å². The fourth-order valence-electron chi connectivity index (χ4n) is 2.99. The van der Waals surface area contributed by atoms with Crippen molar-refractivity contribution in [1.29, 1.82) is 0 Å². The molecule has 1 aliphatic carbocycles. The summed E-state index contributed by atoms with van der Waals surface area (Å²) >= 11 is 0. The third-order valence-corrected chi connectivity index (χ3v) is 4.66. The Hall–Kier alpha value is -1.02. The van der Waals surface area contributed by atoms with Crippen LogP contribution in [0.4, 0.5) is 0 Å². The van der Waals surface area contributed by atoms with Crippen LogP contribution in [-0.4, -0.2) is 12.6 Å². The van der Waals surface area contributed by atoms with Gasteiger partial charge in [0.05, 0.1) is 6.10 Å². The number of benzene rings is 1. The minimum absolute atomic E-state index is 0.404. The quantitative estimate of drug-likeness (QED) is 0.824. The normalized spacial score (nSPS) is 26.0. The predicted octanol–water partition coefficient (Wildman–Crippen LogP) is 4.64. The highest BCUT2D eigenvalue weighted by molar-refractivity contribution is 5.27. The van der Waals surface area contributed by atoms with Crippen LogP contribution in [0.2, 0.25) is 0 Å². The Morgan fingerprint density at radius 1 is 1.10 bits per heavy atom. The highest BCUT2D eigenvalue weighted by atomic mass is 16.5. The zero-order valence-electron chi connectivity index (χ0n) is 14.1. The van der Waals surface area contributed by atoms with E-state index in [0.29, 0.717) is 12.0 Å². The summed E-state index contributed by atoms with van der Waals surface area (Å²) in [6.45, 7) is 11.2. The van der Waals surface area contributed by atoms with Crippen LogP contribution in [-0.2, 0) is 6.54 Å². The van der Waals surface area contributed by atoms with Gasteiger partial charge in [-0.3, -0.25) is 0 Å². The predicted molar refractivity (Wildman–Crippen MR) is 89.6 cm³/mol. The molecule has 2 rings (SSSR count). The van der Waals surface area contributed by atoms with Crippen molar-refractivity contribution < 1.29 is 4.74 Å². The molecule has 118 valence electrons. The minimum atomic E-state index is 0.404. The first-order valence-corrected chi connectivity index (χ1v) is 8.51. The summed E-state index contributed by atoms with van der Waals surface area (Å²) in [5.41, 5.74) is 1.33. The molecule has 3 unspecified atom stereocenters. The number of hydrogen-bond donors (Lipinski definition) is 1. The van der Waals surface area contributed by atoms with Gasteiger partial charge in [0.1, 0.15) is 5.75 Å². The van der Waals surface area contributed by atoms with E-state index in [2.05, 4.69) is 57.3 Å². The Balaban J connectivity index is 1.79. The van der Waals surface area contributed by atoms with Crippen LogP contribution in [0.15, 0.2) is 24.3 Å². The third-order valence-electron chi connectivity index (χ3n) is 4.66. The van der Waals surface area contributed by atoms with E-state index >= 15 is 0 Å². The summed E-state index contributed by atoms with van der Waals surface area (Å²) in [5.74, 6) is 3.35. The summed E-state index contributed by atoms with van der Waals surface area (Å²) < 4.78 is 6.15. The highest BCUT2D eigenvalue weighted by Crippen LogP contribution is 2.31. The van der Waals surface area contributed by atoms with Crippen molar-refractivity contribution in [1.82, 2.24) is 5.32 Å². The summed E-state index contributed by atoms with van der Waals surface area (Å²) in [5, 5.41) is 3.47. The molecular weight excluding hydrogens is 258 g/mol. The van der Waals surface area contributed by atoms with Gasteiger partial charge in [-0.1, -0.05) is 39.8 Å². The zero-order chi connectivity index (χ0) is 15.2. The van der Waals surface area contributed by atoms with Gasteiger partial charge in [0.25, 0.3) is 0 Å². The Morgan fingerprint density at radius 2 is 1.81 bits per heavy atom. The lowest BCUT2D eigenvalue weighted by Gasteiger charge is -2.32. The Kier molecular flexibility index (Phi) is 6.10. The molecule has 1 aliphatic rings. The van der Waals surface area contributed by atoms with Crippen molar-refractivity contribution in [2.45, 2.75) is 59.6 Å². The average molecular weight is 289 g/mol.